The molecule has 0 aromatic carbocycles. The van der Waals surface area contributed by atoms with Crippen molar-refractivity contribution in [3.63, 3.8) is 0 Å². The van der Waals surface area contributed by atoms with Gasteiger partial charge in [-0.1, -0.05) is 20.3 Å². The molecular formula is C14H28N2O2. The zero-order valence-electron chi connectivity index (χ0n) is 12.3. The molecule has 18 heavy (non-hydrogen) atoms. The first-order valence-electron chi connectivity index (χ1n) is 7.09. The average Bonchev–Trinajstić information content (AvgIpc) is 2.39. The summed E-state index contributed by atoms with van der Waals surface area (Å²) in [5, 5.41) is 0. The molecule has 0 saturated carbocycles. The van der Waals surface area contributed by atoms with Crippen molar-refractivity contribution in [2.75, 3.05) is 39.9 Å². The van der Waals surface area contributed by atoms with Crippen LogP contribution < -0.4 is 0 Å². The lowest BCUT2D eigenvalue weighted by molar-refractivity contribution is -0.134. The molecule has 106 valence electrons. The first kappa shape index (κ1) is 15.4. The number of nitrogens with zero attached hydrogens (tertiary/aromatic N) is 2. The van der Waals surface area contributed by atoms with Crippen LogP contribution in [0.3, 0.4) is 0 Å². The number of hydrogen-bond acceptors (Lipinski definition) is 3. The minimum atomic E-state index is 0.323. The molecule has 1 amide bonds. The van der Waals surface area contributed by atoms with Crippen LogP contribution in [0.25, 0.3) is 0 Å². The van der Waals surface area contributed by atoms with Crippen molar-refractivity contribution < 1.29 is 9.53 Å². The van der Waals surface area contributed by atoms with Crippen molar-refractivity contribution in [1.82, 2.24) is 9.80 Å². The molecule has 1 heterocycles. The Morgan fingerprint density at radius 3 is 2.33 bits per heavy atom. The molecule has 0 aliphatic carbocycles. The fourth-order valence-corrected chi connectivity index (χ4v) is 2.33. The lowest BCUT2D eigenvalue weighted by atomic mass is 10.0. The Labute approximate surface area is 111 Å². The first-order chi connectivity index (χ1) is 8.58. The highest BCUT2D eigenvalue weighted by atomic mass is 16.5. The van der Waals surface area contributed by atoms with Gasteiger partial charge in [-0.3, -0.25) is 9.69 Å². The lowest BCUT2D eigenvalue weighted by Crippen LogP contribution is -2.52. The van der Waals surface area contributed by atoms with Gasteiger partial charge in [-0.25, -0.2) is 0 Å². The summed E-state index contributed by atoms with van der Waals surface area (Å²) in [5.74, 6) is 0.825. The van der Waals surface area contributed by atoms with Crippen molar-refractivity contribution in [1.29, 1.82) is 0 Å². The summed E-state index contributed by atoms with van der Waals surface area (Å²) in [7, 11) is 1.74. The number of rotatable bonds is 6. The van der Waals surface area contributed by atoms with Gasteiger partial charge in [-0.05, 0) is 12.8 Å². The Hall–Kier alpha value is -0.610. The number of methoxy groups -OCH3 is 1. The quantitative estimate of drug-likeness (QED) is 0.723. The van der Waals surface area contributed by atoms with E-state index in [1.165, 1.54) is 0 Å². The molecule has 0 aromatic heterocycles. The Bertz CT molecular complexity index is 250. The monoisotopic (exact) mass is 256 g/mol. The van der Waals surface area contributed by atoms with E-state index in [1.807, 2.05) is 4.90 Å². The number of carbonyl (C=O) groups is 1. The van der Waals surface area contributed by atoms with E-state index in [0.29, 0.717) is 24.3 Å². The van der Waals surface area contributed by atoms with E-state index < -0.39 is 0 Å². The Balaban J connectivity index is 2.32. The summed E-state index contributed by atoms with van der Waals surface area (Å²) in [6.07, 6.45) is 1.78. The largest absolute Gasteiger partial charge is 0.383 e. The second kappa shape index (κ2) is 7.74. The van der Waals surface area contributed by atoms with E-state index in [1.54, 1.807) is 7.11 Å². The SMILES string of the molecule is CC[C@H](C)CC(=O)N1CCN([C@H](C)COC)CC1. The predicted octanol–water partition coefficient (Wildman–Crippen LogP) is 1.60. The summed E-state index contributed by atoms with van der Waals surface area (Å²) >= 11 is 0. The van der Waals surface area contributed by atoms with E-state index >= 15 is 0 Å². The number of carbonyl (C=O) groups excluding carboxylic acids is 1. The molecule has 1 saturated heterocycles. The minimum absolute atomic E-state index is 0.323. The van der Waals surface area contributed by atoms with E-state index in [-0.39, 0.29) is 0 Å². The molecule has 1 rings (SSSR count). The van der Waals surface area contributed by atoms with E-state index in [2.05, 4.69) is 25.7 Å². The third-order valence-corrected chi connectivity index (χ3v) is 3.92. The summed E-state index contributed by atoms with van der Waals surface area (Å²) in [4.78, 5) is 16.5. The van der Waals surface area contributed by atoms with Crippen molar-refractivity contribution >= 4 is 5.91 Å². The number of ether oxygens (including phenoxy) is 1. The van der Waals surface area contributed by atoms with Crippen LogP contribution in [-0.2, 0) is 9.53 Å². The fourth-order valence-electron chi connectivity index (χ4n) is 2.33. The summed E-state index contributed by atoms with van der Waals surface area (Å²) in [5.41, 5.74) is 0. The third-order valence-electron chi connectivity index (χ3n) is 3.92. The fraction of sp³-hybridized carbons (Fsp3) is 0.929. The normalized spacial score (nSPS) is 20.8. The zero-order chi connectivity index (χ0) is 13.5. The summed E-state index contributed by atoms with van der Waals surface area (Å²) in [6, 6.07) is 0.446. The van der Waals surface area contributed by atoms with E-state index in [9.17, 15) is 4.79 Å². The smallest absolute Gasteiger partial charge is 0.222 e. The third kappa shape index (κ3) is 4.58. The van der Waals surface area contributed by atoms with Crippen LogP contribution in [0.15, 0.2) is 0 Å². The van der Waals surface area contributed by atoms with Crippen molar-refractivity contribution in [2.24, 2.45) is 5.92 Å². The maximum Gasteiger partial charge on any atom is 0.222 e. The maximum atomic E-state index is 12.1. The zero-order valence-corrected chi connectivity index (χ0v) is 12.3. The molecule has 0 unspecified atom stereocenters. The molecule has 1 aliphatic heterocycles. The van der Waals surface area contributed by atoms with Gasteiger partial charge in [-0.15, -0.1) is 0 Å². The lowest BCUT2D eigenvalue weighted by Gasteiger charge is -2.38. The van der Waals surface area contributed by atoms with Gasteiger partial charge in [0.2, 0.25) is 5.91 Å². The van der Waals surface area contributed by atoms with Crippen LogP contribution in [0.5, 0.6) is 0 Å². The minimum Gasteiger partial charge on any atom is -0.383 e. The highest BCUT2D eigenvalue weighted by Gasteiger charge is 2.24. The molecule has 0 aromatic rings. The van der Waals surface area contributed by atoms with E-state index in [4.69, 9.17) is 4.74 Å². The highest BCUT2D eigenvalue weighted by Crippen LogP contribution is 2.12. The molecule has 2 atom stereocenters. The number of amides is 1. The molecule has 1 fully saturated rings. The molecule has 4 heteroatoms. The number of piperazine rings is 1. The van der Waals surface area contributed by atoms with Gasteiger partial charge in [0, 0.05) is 45.8 Å². The van der Waals surface area contributed by atoms with Gasteiger partial charge in [0.15, 0.2) is 0 Å². The van der Waals surface area contributed by atoms with Crippen LogP contribution >= 0.6 is 0 Å². The molecular weight excluding hydrogens is 228 g/mol. The van der Waals surface area contributed by atoms with Crippen LogP contribution in [0.4, 0.5) is 0 Å². The van der Waals surface area contributed by atoms with Gasteiger partial charge in [0.05, 0.1) is 6.61 Å². The van der Waals surface area contributed by atoms with Gasteiger partial charge in [0.25, 0.3) is 0 Å². The van der Waals surface area contributed by atoms with Crippen LogP contribution in [0.2, 0.25) is 0 Å². The molecule has 1 aliphatic rings. The summed E-state index contributed by atoms with van der Waals surface area (Å²) < 4.78 is 5.18. The second-order valence-electron chi connectivity index (χ2n) is 5.44. The van der Waals surface area contributed by atoms with Gasteiger partial charge in [0.1, 0.15) is 0 Å². The van der Waals surface area contributed by atoms with Gasteiger partial charge < -0.3 is 9.64 Å². The highest BCUT2D eigenvalue weighted by molar-refractivity contribution is 5.76. The topological polar surface area (TPSA) is 32.8 Å². The van der Waals surface area contributed by atoms with Crippen LogP contribution in [-0.4, -0.2) is 61.6 Å². The van der Waals surface area contributed by atoms with Gasteiger partial charge in [-0.2, -0.15) is 0 Å². The maximum absolute atomic E-state index is 12.1. The molecule has 0 N–H and O–H groups in total. The Morgan fingerprint density at radius 2 is 1.83 bits per heavy atom. The van der Waals surface area contributed by atoms with E-state index in [0.717, 1.165) is 39.2 Å². The second-order valence-corrected chi connectivity index (χ2v) is 5.44. The molecule has 4 nitrogen and oxygen atoms in total. The summed E-state index contributed by atoms with van der Waals surface area (Å²) in [6.45, 7) is 10.9. The average molecular weight is 256 g/mol. The predicted molar refractivity (Wildman–Crippen MR) is 73.6 cm³/mol. The van der Waals surface area contributed by atoms with Crippen molar-refractivity contribution in [3.05, 3.63) is 0 Å². The van der Waals surface area contributed by atoms with Gasteiger partial charge >= 0.3 is 0 Å². The Kier molecular flexibility index (Phi) is 6.65. The standard InChI is InChI=1S/C14H28N2O2/c1-5-12(2)10-14(17)16-8-6-15(7-9-16)13(3)11-18-4/h12-13H,5-11H2,1-4H3/t12-,13+/m0/s1. The molecule has 0 bridgehead atoms. The molecule has 0 spiro atoms. The van der Waals surface area contributed by atoms with Crippen molar-refractivity contribution in [2.45, 2.75) is 39.7 Å². The number of hydrogen-bond donors (Lipinski definition) is 0. The first-order valence-corrected chi connectivity index (χ1v) is 7.09. The molecule has 0 radical (unpaired) electrons. The Morgan fingerprint density at radius 1 is 1.22 bits per heavy atom. The van der Waals surface area contributed by atoms with Crippen LogP contribution in [0, 0.1) is 5.92 Å². The van der Waals surface area contributed by atoms with Crippen LogP contribution in [0.1, 0.15) is 33.6 Å². The van der Waals surface area contributed by atoms with Crippen molar-refractivity contribution in [3.8, 4) is 0 Å².